The Morgan fingerprint density at radius 1 is 0.971 bits per heavy atom. The lowest BCUT2D eigenvalue weighted by molar-refractivity contribution is -0.384. The van der Waals surface area contributed by atoms with Gasteiger partial charge in [-0.2, -0.15) is 0 Å². The Kier molecular flexibility index (Phi) is 6.68. The molecule has 176 valence electrons. The van der Waals surface area contributed by atoms with Gasteiger partial charge in [-0.3, -0.25) is 25.0 Å². The van der Waals surface area contributed by atoms with Gasteiger partial charge in [0.15, 0.2) is 0 Å². The predicted molar refractivity (Wildman–Crippen MR) is 129 cm³/mol. The zero-order chi connectivity index (χ0) is 24.9. The fourth-order valence-corrected chi connectivity index (χ4v) is 3.53. The van der Waals surface area contributed by atoms with Crippen LogP contribution in [0.25, 0.3) is 6.08 Å². The number of hydrogen-bond donors (Lipinski definition) is 1. The number of hydrogen-bond acceptors (Lipinski definition) is 6. The van der Waals surface area contributed by atoms with Crippen LogP contribution in [0.4, 0.5) is 16.2 Å². The second-order valence-corrected chi connectivity index (χ2v) is 7.76. The normalized spacial score (nSPS) is 14.7. The number of carbonyl (C=O) groups is 3. The lowest BCUT2D eigenvalue weighted by atomic mass is 10.1. The third-order valence-corrected chi connectivity index (χ3v) is 5.42. The summed E-state index contributed by atoms with van der Waals surface area (Å²) >= 11 is 0. The van der Waals surface area contributed by atoms with E-state index in [1.165, 1.54) is 18.2 Å². The molecule has 1 saturated heterocycles. The molecule has 1 aliphatic rings. The van der Waals surface area contributed by atoms with E-state index >= 15 is 0 Å². The van der Waals surface area contributed by atoms with Gasteiger partial charge in [-0.15, -0.1) is 0 Å². The minimum atomic E-state index is -0.800. The van der Waals surface area contributed by atoms with Crippen molar-refractivity contribution in [1.29, 1.82) is 0 Å². The van der Waals surface area contributed by atoms with Gasteiger partial charge in [-0.05, 0) is 53.5 Å². The molecule has 1 fully saturated rings. The molecule has 0 unspecified atom stereocenters. The zero-order valence-electron chi connectivity index (χ0n) is 18.8. The smallest absolute Gasteiger partial charge is 0.335 e. The minimum Gasteiger partial charge on any atom is -0.489 e. The van der Waals surface area contributed by atoms with Gasteiger partial charge in [-0.25, -0.2) is 9.69 Å². The summed E-state index contributed by atoms with van der Waals surface area (Å²) in [5, 5.41) is 13.1. The average Bonchev–Trinajstić information content (AvgIpc) is 2.86. The first kappa shape index (κ1) is 23.4. The van der Waals surface area contributed by atoms with Gasteiger partial charge in [0.2, 0.25) is 0 Å². The Morgan fingerprint density at radius 3 is 2.34 bits per heavy atom. The number of non-ortho nitro benzene ring substituents is 1. The number of amides is 4. The molecule has 9 heteroatoms. The van der Waals surface area contributed by atoms with Crippen molar-refractivity contribution in [3.63, 3.8) is 0 Å². The standard InChI is InChI=1S/C26H21N3O6/c1-2-17-6-10-20(11-7-17)28-25(31)23(24(30)27-26(28)32)15-18-8-12-22(13-9-18)35-16-19-4-3-5-21(14-19)29(33)34/h3-15H,2,16H2,1H3,(H,27,30,32)/b23-15-. The molecule has 0 aliphatic carbocycles. The molecule has 1 heterocycles. The Hall–Kier alpha value is -4.79. The molecule has 3 aromatic rings. The van der Waals surface area contributed by atoms with Crippen LogP contribution in [0.15, 0.2) is 78.4 Å². The van der Waals surface area contributed by atoms with Crippen LogP contribution >= 0.6 is 0 Å². The van der Waals surface area contributed by atoms with E-state index in [0.29, 0.717) is 22.6 Å². The highest BCUT2D eigenvalue weighted by molar-refractivity contribution is 6.39. The Bertz CT molecular complexity index is 1330. The summed E-state index contributed by atoms with van der Waals surface area (Å²) in [5.41, 5.74) is 2.44. The number of ether oxygens (including phenoxy) is 1. The quantitative estimate of drug-likeness (QED) is 0.236. The van der Waals surface area contributed by atoms with Crippen molar-refractivity contribution in [2.24, 2.45) is 0 Å². The minimum absolute atomic E-state index is 0.0164. The van der Waals surface area contributed by atoms with E-state index in [9.17, 15) is 24.5 Å². The van der Waals surface area contributed by atoms with E-state index in [1.807, 2.05) is 19.1 Å². The number of aryl methyl sites for hydroxylation is 1. The maximum absolute atomic E-state index is 13.0. The molecule has 1 N–H and O–H groups in total. The number of nitrogens with zero attached hydrogens (tertiary/aromatic N) is 2. The molecule has 9 nitrogen and oxygen atoms in total. The van der Waals surface area contributed by atoms with Crippen LogP contribution in [0.1, 0.15) is 23.6 Å². The molecule has 0 radical (unpaired) electrons. The molecule has 0 atom stereocenters. The van der Waals surface area contributed by atoms with E-state index in [2.05, 4.69) is 5.32 Å². The lowest BCUT2D eigenvalue weighted by Crippen LogP contribution is -2.54. The topological polar surface area (TPSA) is 119 Å². The molecule has 1 aliphatic heterocycles. The van der Waals surface area contributed by atoms with Crippen molar-refractivity contribution >= 4 is 35.3 Å². The van der Waals surface area contributed by atoms with E-state index in [0.717, 1.165) is 16.9 Å². The summed E-state index contributed by atoms with van der Waals surface area (Å²) in [5.74, 6) is -0.979. The first-order valence-corrected chi connectivity index (χ1v) is 10.8. The molecule has 4 amide bonds. The molecule has 0 spiro atoms. The van der Waals surface area contributed by atoms with Crippen LogP contribution in [0.5, 0.6) is 5.75 Å². The summed E-state index contributed by atoms with van der Waals surface area (Å²) in [6.45, 7) is 2.13. The summed E-state index contributed by atoms with van der Waals surface area (Å²) in [6.07, 6.45) is 2.22. The van der Waals surface area contributed by atoms with E-state index < -0.39 is 22.8 Å². The van der Waals surface area contributed by atoms with Crippen LogP contribution in [0, 0.1) is 10.1 Å². The van der Waals surface area contributed by atoms with Gasteiger partial charge in [0.25, 0.3) is 17.5 Å². The summed E-state index contributed by atoms with van der Waals surface area (Å²) in [6, 6.07) is 19.0. The number of carbonyl (C=O) groups excluding carboxylic acids is 3. The number of urea groups is 1. The van der Waals surface area contributed by atoms with Crippen LogP contribution in [-0.4, -0.2) is 22.8 Å². The predicted octanol–water partition coefficient (Wildman–Crippen LogP) is 4.40. The number of rotatable bonds is 7. The highest BCUT2D eigenvalue weighted by atomic mass is 16.6. The number of imide groups is 2. The molecule has 0 saturated carbocycles. The first-order valence-electron chi connectivity index (χ1n) is 10.8. The second-order valence-electron chi connectivity index (χ2n) is 7.76. The zero-order valence-corrected chi connectivity index (χ0v) is 18.8. The fraction of sp³-hybridized carbons (Fsp3) is 0.115. The molecule has 0 aromatic heterocycles. The van der Waals surface area contributed by atoms with E-state index in [1.54, 1.807) is 48.5 Å². The van der Waals surface area contributed by atoms with Crippen molar-refractivity contribution in [3.8, 4) is 5.75 Å². The lowest BCUT2D eigenvalue weighted by Gasteiger charge is -2.26. The van der Waals surface area contributed by atoms with Crippen LogP contribution in [0.3, 0.4) is 0 Å². The van der Waals surface area contributed by atoms with Gasteiger partial charge in [0, 0.05) is 12.1 Å². The molecular formula is C26H21N3O6. The van der Waals surface area contributed by atoms with Gasteiger partial charge in [0.05, 0.1) is 10.6 Å². The Labute approximate surface area is 200 Å². The third kappa shape index (κ3) is 5.25. The van der Waals surface area contributed by atoms with Gasteiger partial charge >= 0.3 is 6.03 Å². The maximum atomic E-state index is 13.0. The second kappa shape index (κ2) is 10.0. The molecule has 4 rings (SSSR count). The Balaban J connectivity index is 1.49. The van der Waals surface area contributed by atoms with Crippen molar-refractivity contribution in [2.75, 3.05) is 4.90 Å². The SMILES string of the molecule is CCc1ccc(N2C(=O)NC(=O)/C(=C/c3ccc(OCc4cccc([N+](=O)[O-])c4)cc3)C2=O)cc1. The highest BCUT2D eigenvalue weighted by Crippen LogP contribution is 2.23. The van der Waals surface area contributed by atoms with Crippen LogP contribution < -0.4 is 15.0 Å². The van der Waals surface area contributed by atoms with E-state index in [4.69, 9.17) is 4.74 Å². The first-order chi connectivity index (χ1) is 16.9. The monoisotopic (exact) mass is 471 g/mol. The maximum Gasteiger partial charge on any atom is 0.335 e. The van der Waals surface area contributed by atoms with Crippen molar-refractivity contribution < 1.29 is 24.0 Å². The molecule has 3 aromatic carbocycles. The number of nitro groups is 1. The van der Waals surface area contributed by atoms with Gasteiger partial charge < -0.3 is 4.74 Å². The van der Waals surface area contributed by atoms with Gasteiger partial charge in [0.1, 0.15) is 17.9 Å². The molecule has 0 bridgehead atoms. The number of nitrogens with one attached hydrogen (secondary N) is 1. The largest absolute Gasteiger partial charge is 0.489 e. The highest BCUT2D eigenvalue weighted by Gasteiger charge is 2.36. The summed E-state index contributed by atoms with van der Waals surface area (Å²) in [4.78, 5) is 49.1. The van der Waals surface area contributed by atoms with Crippen molar-refractivity contribution in [2.45, 2.75) is 20.0 Å². The summed E-state index contributed by atoms with van der Waals surface area (Å²) < 4.78 is 5.68. The molecular weight excluding hydrogens is 450 g/mol. The number of benzene rings is 3. The van der Waals surface area contributed by atoms with Crippen LogP contribution in [-0.2, 0) is 22.6 Å². The van der Waals surface area contributed by atoms with E-state index in [-0.39, 0.29) is 17.9 Å². The fourth-order valence-electron chi connectivity index (χ4n) is 3.53. The van der Waals surface area contributed by atoms with Crippen molar-refractivity contribution in [3.05, 3.63) is 105 Å². The number of anilines is 1. The van der Waals surface area contributed by atoms with Crippen LogP contribution in [0.2, 0.25) is 0 Å². The third-order valence-electron chi connectivity index (χ3n) is 5.42. The number of nitro benzene ring substituents is 1. The average molecular weight is 471 g/mol. The van der Waals surface area contributed by atoms with Gasteiger partial charge in [-0.1, -0.05) is 43.3 Å². The van der Waals surface area contributed by atoms with Crippen molar-refractivity contribution in [1.82, 2.24) is 5.32 Å². The summed E-state index contributed by atoms with van der Waals surface area (Å²) in [7, 11) is 0. The Morgan fingerprint density at radius 2 is 1.69 bits per heavy atom. The number of barbiturate groups is 1. The molecule has 35 heavy (non-hydrogen) atoms.